The van der Waals surface area contributed by atoms with E-state index in [1.54, 1.807) is 11.0 Å². The number of unbranched alkanes of at least 4 members (excludes halogenated alkanes) is 2. The largest absolute Gasteiger partial charge is 0.493 e. The van der Waals surface area contributed by atoms with Crippen LogP contribution in [-0.4, -0.2) is 77.9 Å². The van der Waals surface area contributed by atoms with Crippen LogP contribution in [0, 0.1) is 5.82 Å². The Bertz CT molecular complexity index is 1220. The van der Waals surface area contributed by atoms with Crippen molar-refractivity contribution < 1.29 is 32.2 Å². The number of rotatable bonds is 13. The number of benzene rings is 1. The van der Waals surface area contributed by atoms with Crippen LogP contribution in [0.5, 0.6) is 5.75 Å². The molecule has 1 aromatic heterocycles. The Hall–Kier alpha value is -2.92. The summed E-state index contributed by atoms with van der Waals surface area (Å²) in [6.45, 7) is 4.29. The average molecular weight is 595 g/mol. The van der Waals surface area contributed by atoms with Crippen LogP contribution in [0.25, 0.3) is 0 Å². The Kier molecular flexibility index (Phi) is 10.7. The highest BCUT2D eigenvalue weighted by Gasteiger charge is 2.40. The summed E-state index contributed by atoms with van der Waals surface area (Å²) in [5.41, 5.74) is 3.02. The molecule has 11 heteroatoms. The van der Waals surface area contributed by atoms with Gasteiger partial charge in [-0.2, -0.15) is 13.2 Å². The second-order valence-electron chi connectivity index (χ2n) is 11.7. The standard InChI is InChI=1S/C31H42F4N4O3/c1-20(2)22-16-25(28(42-3)26(32)17-22)27(30(40)41)38-15-12-24(18-38)39(19-31(33,34)35)14-6-4-5-9-23-11-10-21-8-7-13-36-29(21)37-23/h10-11,16-17,20,24,27H,4-9,12-15,18-19H2,1-3H3,(H,36,37)(H,40,41)/t24-,27+/m1/s1. The van der Waals surface area contributed by atoms with E-state index < -0.39 is 36.6 Å². The highest BCUT2D eigenvalue weighted by molar-refractivity contribution is 5.77. The van der Waals surface area contributed by atoms with E-state index in [1.165, 1.54) is 23.6 Å². The first kappa shape index (κ1) is 32.0. The Balaban J connectivity index is 1.40. The van der Waals surface area contributed by atoms with Crippen LogP contribution in [0.4, 0.5) is 23.4 Å². The SMILES string of the molecule is COc1c(F)cc(C(C)C)cc1[C@@H](C(=O)O)N1CC[C@@H](N(CCCCCc2ccc3c(n2)NCCC3)CC(F)(F)F)C1. The van der Waals surface area contributed by atoms with Gasteiger partial charge >= 0.3 is 12.1 Å². The Morgan fingerprint density at radius 2 is 2.02 bits per heavy atom. The average Bonchev–Trinajstić information content (AvgIpc) is 3.40. The van der Waals surface area contributed by atoms with Crippen molar-refractivity contribution in [2.75, 3.05) is 45.2 Å². The molecule has 1 saturated heterocycles. The number of pyridine rings is 1. The molecule has 2 aliphatic heterocycles. The zero-order valence-electron chi connectivity index (χ0n) is 24.6. The fourth-order valence-electron chi connectivity index (χ4n) is 6.10. The van der Waals surface area contributed by atoms with E-state index in [2.05, 4.69) is 11.4 Å². The van der Waals surface area contributed by atoms with Gasteiger partial charge in [0.25, 0.3) is 0 Å². The molecule has 0 saturated carbocycles. The van der Waals surface area contributed by atoms with Crippen LogP contribution in [0.3, 0.4) is 0 Å². The molecule has 2 aliphatic rings. The van der Waals surface area contributed by atoms with Crippen molar-refractivity contribution in [2.45, 2.75) is 83.0 Å². The van der Waals surface area contributed by atoms with Crippen LogP contribution in [-0.2, 0) is 17.6 Å². The van der Waals surface area contributed by atoms with E-state index in [-0.39, 0.29) is 36.9 Å². The molecule has 0 radical (unpaired) electrons. The highest BCUT2D eigenvalue weighted by atomic mass is 19.4. The molecule has 3 heterocycles. The number of likely N-dealkylation sites (tertiary alicyclic amines) is 1. The van der Waals surface area contributed by atoms with Crippen molar-refractivity contribution >= 4 is 11.8 Å². The van der Waals surface area contributed by atoms with E-state index in [0.29, 0.717) is 18.4 Å². The van der Waals surface area contributed by atoms with Crippen LogP contribution >= 0.6 is 0 Å². The number of carboxylic acid groups (broad SMARTS) is 1. The molecule has 232 valence electrons. The first-order valence-corrected chi connectivity index (χ1v) is 14.8. The molecule has 0 amide bonds. The topological polar surface area (TPSA) is 77.9 Å². The van der Waals surface area contributed by atoms with Gasteiger partial charge in [0.2, 0.25) is 0 Å². The number of methoxy groups -OCH3 is 1. The fourth-order valence-corrected chi connectivity index (χ4v) is 6.10. The number of nitrogens with one attached hydrogen (secondary N) is 1. The third-order valence-corrected chi connectivity index (χ3v) is 8.28. The molecule has 42 heavy (non-hydrogen) atoms. The van der Waals surface area contributed by atoms with Gasteiger partial charge in [0.1, 0.15) is 11.9 Å². The van der Waals surface area contributed by atoms with E-state index in [1.807, 2.05) is 19.9 Å². The number of aryl methyl sites for hydroxylation is 2. The zero-order chi connectivity index (χ0) is 30.4. The lowest BCUT2D eigenvalue weighted by atomic mass is 9.95. The molecule has 0 unspecified atom stereocenters. The number of nitrogens with zero attached hydrogens (tertiary/aromatic N) is 3. The van der Waals surface area contributed by atoms with Crippen molar-refractivity contribution in [2.24, 2.45) is 0 Å². The molecule has 0 bridgehead atoms. The van der Waals surface area contributed by atoms with Crippen LogP contribution in [0.15, 0.2) is 24.3 Å². The molecule has 0 spiro atoms. The molecule has 2 atom stereocenters. The molecule has 2 aromatic rings. The number of anilines is 1. The molecule has 7 nitrogen and oxygen atoms in total. The number of carbonyl (C=O) groups is 1. The number of fused-ring (bicyclic) bond motifs is 1. The Morgan fingerprint density at radius 1 is 1.24 bits per heavy atom. The summed E-state index contributed by atoms with van der Waals surface area (Å²) >= 11 is 0. The first-order chi connectivity index (χ1) is 20.0. The summed E-state index contributed by atoms with van der Waals surface area (Å²) in [7, 11) is 1.28. The lowest BCUT2D eigenvalue weighted by Crippen LogP contribution is -2.44. The van der Waals surface area contributed by atoms with Gasteiger partial charge in [-0.15, -0.1) is 0 Å². The summed E-state index contributed by atoms with van der Waals surface area (Å²) in [5, 5.41) is 13.5. The van der Waals surface area contributed by atoms with Crippen molar-refractivity contribution in [3.8, 4) is 5.75 Å². The monoisotopic (exact) mass is 594 g/mol. The maximum atomic E-state index is 14.9. The minimum Gasteiger partial charge on any atom is -0.493 e. The number of aromatic nitrogens is 1. The van der Waals surface area contributed by atoms with Gasteiger partial charge in [-0.1, -0.05) is 26.3 Å². The summed E-state index contributed by atoms with van der Waals surface area (Å²) in [6, 6.07) is 5.41. The normalized spacial score (nSPS) is 18.3. The molecular weight excluding hydrogens is 552 g/mol. The quantitative estimate of drug-likeness (QED) is 0.212. The number of aliphatic carboxylic acids is 1. The number of alkyl halides is 3. The molecule has 4 rings (SSSR count). The second-order valence-corrected chi connectivity index (χ2v) is 11.7. The summed E-state index contributed by atoms with van der Waals surface area (Å²) in [6.07, 6.45) is 1.06. The molecule has 0 aliphatic carbocycles. The molecule has 1 aromatic carbocycles. The predicted octanol–water partition coefficient (Wildman–Crippen LogP) is 6.19. The van der Waals surface area contributed by atoms with Crippen LogP contribution < -0.4 is 10.1 Å². The number of ether oxygens (including phenoxy) is 1. The first-order valence-electron chi connectivity index (χ1n) is 14.8. The van der Waals surface area contributed by atoms with Gasteiger partial charge < -0.3 is 15.2 Å². The third kappa shape index (κ3) is 8.12. The molecular formula is C31H42F4N4O3. The van der Waals surface area contributed by atoms with Crippen molar-refractivity contribution in [3.05, 3.63) is 52.5 Å². The van der Waals surface area contributed by atoms with Gasteiger partial charge in [-0.25, -0.2) is 9.37 Å². The van der Waals surface area contributed by atoms with E-state index in [0.717, 1.165) is 50.2 Å². The van der Waals surface area contributed by atoms with Crippen LogP contribution in [0.1, 0.15) is 80.3 Å². The summed E-state index contributed by atoms with van der Waals surface area (Å²) in [4.78, 5) is 20.2. The molecule has 2 N–H and O–H groups in total. The lowest BCUT2D eigenvalue weighted by Gasteiger charge is -2.31. The minimum absolute atomic E-state index is 0.0492. The fraction of sp³-hybridized carbons (Fsp3) is 0.613. The van der Waals surface area contributed by atoms with Crippen molar-refractivity contribution in [3.63, 3.8) is 0 Å². The maximum absolute atomic E-state index is 14.9. The van der Waals surface area contributed by atoms with E-state index in [4.69, 9.17) is 9.72 Å². The second kappa shape index (κ2) is 14.0. The van der Waals surface area contributed by atoms with Crippen molar-refractivity contribution in [1.82, 2.24) is 14.8 Å². The number of hydrogen-bond acceptors (Lipinski definition) is 6. The van der Waals surface area contributed by atoms with Gasteiger partial charge in [0, 0.05) is 36.9 Å². The number of hydrogen-bond donors (Lipinski definition) is 2. The summed E-state index contributed by atoms with van der Waals surface area (Å²) < 4.78 is 60.9. The van der Waals surface area contributed by atoms with Gasteiger partial charge in [0.15, 0.2) is 11.6 Å². The Morgan fingerprint density at radius 3 is 2.71 bits per heavy atom. The van der Waals surface area contributed by atoms with Crippen molar-refractivity contribution in [1.29, 1.82) is 0 Å². The summed E-state index contributed by atoms with van der Waals surface area (Å²) in [5.74, 6) is -1.10. The predicted molar refractivity (Wildman–Crippen MR) is 154 cm³/mol. The van der Waals surface area contributed by atoms with Gasteiger partial charge in [-0.3, -0.25) is 14.6 Å². The number of halogens is 4. The highest BCUT2D eigenvalue weighted by Crippen LogP contribution is 2.37. The number of carboxylic acids is 1. The smallest absolute Gasteiger partial charge is 0.401 e. The van der Waals surface area contributed by atoms with Crippen LogP contribution in [0.2, 0.25) is 0 Å². The van der Waals surface area contributed by atoms with Gasteiger partial charge in [-0.05, 0) is 80.3 Å². The zero-order valence-corrected chi connectivity index (χ0v) is 24.6. The third-order valence-electron chi connectivity index (χ3n) is 8.28. The van der Waals surface area contributed by atoms with Gasteiger partial charge in [0.05, 0.1) is 13.7 Å². The van der Waals surface area contributed by atoms with E-state index in [9.17, 15) is 27.5 Å². The Labute approximate surface area is 245 Å². The minimum atomic E-state index is -4.38. The maximum Gasteiger partial charge on any atom is 0.401 e. The molecule has 1 fully saturated rings. The van der Waals surface area contributed by atoms with E-state index >= 15 is 0 Å². The lowest BCUT2D eigenvalue weighted by molar-refractivity contribution is -0.151.